The first-order valence-corrected chi connectivity index (χ1v) is 9.37. The normalized spacial score (nSPS) is 22.3. The lowest BCUT2D eigenvalue weighted by molar-refractivity contribution is 0.114. The van der Waals surface area contributed by atoms with E-state index in [1.54, 1.807) is 0 Å². The average Bonchev–Trinajstić information content (AvgIpc) is 2.80. The summed E-state index contributed by atoms with van der Waals surface area (Å²) in [6.07, 6.45) is 1.96. The first-order valence-electron chi connectivity index (χ1n) is 8.26. The van der Waals surface area contributed by atoms with Gasteiger partial charge in [-0.15, -0.1) is 0 Å². The Morgan fingerprint density at radius 2 is 2.08 bits per heavy atom. The van der Waals surface area contributed by atoms with E-state index in [0.717, 1.165) is 5.69 Å². The van der Waals surface area contributed by atoms with E-state index < -0.39 is 33.4 Å². The predicted octanol–water partition coefficient (Wildman–Crippen LogP) is 2.79. The summed E-state index contributed by atoms with van der Waals surface area (Å²) in [6, 6.07) is 1.40. The van der Waals surface area contributed by atoms with Crippen molar-refractivity contribution in [2.24, 2.45) is 9.81 Å². The molecule has 1 aliphatic heterocycles. The van der Waals surface area contributed by atoms with Gasteiger partial charge < -0.3 is 14.6 Å². The zero-order chi connectivity index (χ0) is 18.4. The number of likely N-dealkylation sites (tertiary alicyclic amines) is 1. The highest BCUT2D eigenvalue weighted by Crippen LogP contribution is 2.45. The lowest BCUT2D eigenvalue weighted by atomic mass is 9.75. The summed E-state index contributed by atoms with van der Waals surface area (Å²) in [7, 11) is 0. The zero-order valence-electron chi connectivity index (χ0n) is 14.6. The van der Waals surface area contributed by atoms with Crippen molar-refractivity contribution in [3.05, 3.63) is 29.3 Å². The van der Waals surface area contributed by atoms with Crippen molar-refractivity contribution in [2.45, 2.75) is 44.8 Å². The van der Waals surface area contributed by atoms with Gasteiger partial charge in [-0.25, -0.2) is 9.18 Å². The molecule has 0 aromatic carbocycles. The number of halogens is 1. The number of nitrogens with zero attached hydrogens (tertiary/aromatic N) is 3. The van der Waals surface area contributed by atoms with Crippen molar-refractivity contribution in [1.82, 2.24) is 9.88 Å². The van der Waals surface area contributed by atoms with E-state index in [4.69, 9.17) is 0 Å². The van der Waals surface area contributed by atoms with Crippen molar-refractivity contribution in [2.75, 3.05) is 13.1 Å². The number of hydrogen-bond acceptors (Lipinski definition) is 4. The fourth-order valence-electron chi connectivity index (χ4n) is 3.41. The Morgan fingerprint density at radius 1 is 1.44 bits per heavy atom. The quantitative estimate of drug-likeness (QED) is 0.773. The van der Waals surface area contributed by atoms with Gasteiger partial charge in [-0.3, -0.25) is 4.98 Å². The molecule has 1 N–H and O–H groups in total. The summed E-state index contributed by atoms with van der Waals surface area (Å²) >= 11 is -1.48. The molecule has 1 atom stereocenters. The molecule has 136 valence electrons. The first-order chi connectivity index (χ1) is 11.6. The van der Waals surface area contributed by atoms with Crippen LogP contribution >= 0.6 is 0 Å². The smallest absolute Gasteiger partial charge is 0.407 e. The van der Waals surface area contributed by atoms with Crippen LogP contribution < -0.4 is 0 Å². The number of carbonyl (C=O) groups is 1. The van der Waals surface area contributed by atoms with Crippen LogP contribution in [0.5, 0.6) is 0 Å². The second-order valence-corrected chi connectivity index (χ2v) is 9.58. The monoisotopic (exact) mass is 367 g/mol. The number of pyridine rings is 1. The lowest BCUT2D eigenvalue weighted by Gasteiger charge is -2.38. The second-order valence-electron chi connectivity index (χ2n) is 7.68. The van der Waals surface area contributed by atoms with Crippen LogP contribution in [0.2, 0.25) is 0 Å². The third-order valence-electron chi connectivity index (χ3n) is 4.89. The van der Waals surface area contributed by atoms with Crippen molar-refractivity contribution >= 4 is 23.2 Å². The molecule has 3 rings (SSSR count). The molecule has 1 fully saturated rings. The molecule has 6 nitrogen and oxygen atoms in total. The largest absolute Gasteiger partial charge is 0.591 e. The highest BCUT2D eigenvalue weighted by molar-refractivity contribution is 7.91. The number of aromatic nitrogens is 1. The topological polar surface area (TPSA) is 88.9 Å². The fourth-order valence-corrected chi connectivity index (χ4v) is 4.14. The van der Waals surface area contributed by atoms with Crippen molar-refractivity contribution < 1.29 is 18.8 Å². The van der Waals surface area contributed by atoms with Gasteiger partial charge in [0.05, 0.1) is 11.9 Å². The Labute approximate surface area is 149 Å². The molecular formula is C17H22FN3O3S. The molecule has 0 bridgehead atoms. The lowest BCUT2D eigenvalue weighted by Crippen LogP contribution is -2.45. The first kappa shape index (κ1) is 18.1. The molecular weight excluding hydrogens is 345 g/mol. The fraction of sp³-hybridized carbons (Fsp3) is 0.588. The van der Waals surface area contributed by atoms with E-state index in [0.29, 0.717) is 43.6 Å². The van der Waals surface area contributed by atoms with Gasteiger partial charge in [-0.2, -0.15) is 0 Å². The number of piperidine rings is 1. The molecule has 0 saturated carbocycles. The standard InChI is InChI=1S/C17H22FN3O3S/c1-16(2,3)25(24)20-14-12-8-11(18)10-19-13(12)9-17(14)4-6-21(7-5-17)15(22)23/h8,10H,4-7,9H2,1-3H3,(H,22,23). The zero-order valence-corrected chi connectivity index (χ0v) is 15.4. The van der Waals surface area contributed by atoms with E-state index in [1.807, 2.05) is 20.8 Å². The van der Waals surface area contributed by atoms with Gasteiger partial charge in [0.1, 0.15) is 27.6 Å². The summed E-state index contributed by atoms with van der Waals surface area (Å²) in [5.74, 6) is -0.451. The molecule has 1 amide bonds. The molecule has 2 heterocycles. The van der Waals surface area contributed by atoms with Gasteiger partial charge in [0.2, 0.25) is 0 Å². The SMILES string of the molecule is CC(C)(C)[S+]([O-])N=C1c2cc(F)cnc2CC12CCN(C(=O)O)CC2. The molecule has 0 radical (unpaired) electrons. The van der Waals surface area contributed by atoms with E-state index in [1.165, 1.54) is 17.2 Å². The third-order valence-corrected chi connectivity index (χ3v) is 6.29. The molecule has 1 aliphatic carbocycles. The maximum absolute atomic E-state index is 13.8. The van der Waals surface area contributed by atoms with Gasteiger partial charge in [0.15, 0.2) is 0 Å². The number of rotatable bonds is 1. The summed E-state index contributed by atoms with van der Waals surface area (Å²) in [5.41, 5.74) is 1.56. The van der Waals surface area contributed by atoms with E-state index in [9.17, 15) is 18.8 Å². The second kappa shape index (κ2) is 6.25. The van der Waals surface area contributed by atoms with Crippen LogP contribution in [-0.2, 0) is 17.8 Å². The highest BCUT2D eigenvalue weighted by Gasteiger charge is 2.48. The minimum atomic E-state index is -1.48. The summed E-state index contributed by atoms with van der Waals surface area (Å²) in [4.78, 5) is 16.8. The predicted molar refractivity (Wildman–Crippen MR) is 93.6 cm³/mol. The Hall–Kier alpha value is -1.67. The minimum absolute atomic E-state index is 0.382. The summed E-state index contributed by atoms with van der Waals surface area (Å²) in [6.45, 7) is 6.28. The summed E-state index contributed by atoms with van der Waals surface area (Å²) in [5, 5.41) is 9.18. The molecule has 1 aromatic rings. The van der Waals surface area contributed by atoms with Crippen LogP contribution in [0.4, 0.5) is 9.18 Å². The molecule has 1 saturated heterocycles. The Kier molecular flexibility index (Phi) is 4.53. The van der Waals surface area contributed by atoms with Gasteiger partial charge in [-0.1, -0.05) is 4.40 Å². The molecule has 2 aliphatic rings. The number of carboxylic acid groups (broad SMARTS) is 1. The van der Waals surface area contributed by atoms with Crippen LogP contribution in [0.1, 0.15) is 44.9 Å². The van der Waals surface area contributed by atoms with Crippen LogP contribution in [-0.4, -0.2) is 49.2 Å². The van der Waals surface area contributed by atoms with Gasteiger partial charge in [0, 0.05) is 30.5 Å². The van der Waals surface area contributed by atoms with Gasteiger partial charge in [-0.05, 0) is 39.7 Å². The van der Waals surface area contributed by atoms with E-state index in [2.05, 4.69) is 9.38 Å². The maximum Gasteiger partial charge on any atom is 0.407 e. The van der Waals surface area contributed by atoms with Crippen LogP contribution in [0.25, 0.3) is 0 Å². The average molecular weight is 367 g/mol. The molecule has 1 unspecified atom stereocenters. The van der Waals surface area contributed by atoms with E-state index >= 15 is 0 Å². The molecule has 1 spiro atoms. The van der Waals surface area contributed by atoms with Crippen LogP contribution in [0.15, 0.2) is 16.7 Å². The molecule has 1 aromatic heterocycles. The van der Waals surface area contributed by atoms with Gasteiger partial charge >= 0.3 is 6.09 Å². The third kappa shape index (κ3) is 3.37. The Balaban J connectivity index is 2.01. The van der Waals surface area contributed by atoms with Crippen molar-refractivity contribution in [3.63, 3.8) is 0 Å². The molecule has 25 heavy (non-hydrogen) atoms. The van der Waals surface area contributed by atoms with Crippen molar-refractivity contribution in [3.8, 4) is 0 Å². The number of hydrogen-bond donors (Lipinski definition) is 1. The van der Waals surface area contributed by atoms with Crippen molar-refractivity contribution in [1.29, 1.82) is 0 Å². The Morgan fingerprint density at radius 3 is 2.64 bits per heavy atom. The highest BCUT2D eigenvalue weighted by atomic mass is 32.2. The van der Waals surface area contributed by atoms with E-state index in [-0.39, 0.29) is 0 Å². The summed E-state index contributed by atoms with van der Waals surface area (Å²) < 4.78 is 30.3. The molecule has 8 heteroatoms. The van der Waals surface area contributed by atoms with Crippen LogP contribution in [0, 0.1) is 11.2 Å². The van der Waals surface area contributed by atoms with Gasteiger partial charge in [0.25, 0.3) is 0 Å². The van der Waals surface area contributed by atoms with Crippen LogP contribution in [0.3, 0.4) is 0 Å². The number of fused-ring (bicyclic) bond motifs is 1. The minimum Gasteiger partial charge on any atom is -0.591 e. The number of amides is 1. The Bertz CT molecular complexity index is 724. The maximum atomic E-state index is 13.8.